The fraction of sp³-hybridized carbons (Fsp3) is 0.167. The maximum absolute atomic E-state index is 11.8. The Bertz CT molecular complexity index is 741. The number of hydrogen-bond acceptors (Lipinski definition) is 4. The number of nitrogens with zero attached hydrogens (tertiary/aromatic N) is 2. The van der Waals surface area contributed by atoms with Crippen molar-refractivity contribution in [3.63, 3.8) is 0 Å². The molecule has 92 valence electrons. The minimum Gasteiger partial charge on any atom is -0.390 e. The molecule has 0 amide bonds. The van der Waals surface area contributed by atoms with Crippen molar-refractivity contribution in [2.45, 2.75) is 13.2 Å². The lowest BCUT2D eigenvalue weighted by atomic mass is 10.4. The average molecular weight is 261 g/mol. The molecule has 0 spiro atoms. The highest BCUT2D eigenvalue weighted by Gasteiger charge is 2.06. The molecule has 3 rings (SSSR count). The molecule has 3 aromatic rings. The van der Waals surface area contributed by atoms with Crippen LogP contribution in [0.4, 0.5) is 0 Å². The van der Waals surface area contributed by atoms with Crippen molar-refractivity contribution in [3.05, 3.63) is 51.6 Å². The van der Waals surface area contributed by atoms with E-state index in [4.69, 9.17) is 5.11 Å². The largest absolute Gasteiger partial charge is 0.390 e. The van der Waals surface area contributed by atoms with Crippen molar-refractivity contribution in [2.75, 3.05) is 0 Å². The van der Waals surface area contributed by atoms with Gasteiger partial charge in [-0.05, 0) is 23.6 Å². The smallest absolute Gasteiger partial charge is 0.268 e. The standard InChI is InChI=1S/C12H11N3O2S/c16-7-8-2-1-4-15(8)6-10-13-9-3-5-18-11(9)12(17)14-10/h1-5,16H,6-7H2,(H,13,14,17). The van der Waals surface area contributed by atoms with Gasteiger partial charge in [-0.3, -0.25) is 4.79 Å². The van der Waals surface area contributed by atoms with E-state index < -0.39 is 0 Å². The van der Waals surface area contributed by atoms with E-state index in [9.17, 15) is 4.79 Å². The molecule has 0 atom stereocenters. The van der Waals surface area contributed by atoms with Crippen LogP contribution in [0.3, 0.4) is 0 Å². The van der Waals surface area contributed by atoms with Gasteiger partial charge in [0.15, 0.2) is 0 Å². The highest BCUT2D eigenvalue weighted by atomic mass is 32.1. The molecule has 0 radical (unpaired) electrons. The van der Waals surface area contributed by atoms with E-state index in [1.807, 2.05) is 34.3 Å². The number of aliphatic hydroxyl groups excluding tert-OH is 1. The Labute approximate surface area is 106 Å². The Morgan fingerprint density at radius 2 is 2.33 bits per heavy atom. The van der Waals surface area contributed by atoms with E-state index in [0.717, 1.165) is 11.2 Å². The molecule has 0 unspecified atom stereocenters. The van der Waals surface area contributed by atoms with E-state index in [2.05, 4.69) is 9.97 Å². The number of nitrogens with one attached hydrogen (secondary N) is 1. The number of H-pyrrole nitrogens is 1. The fourth-order valence-electron chi connectivity index (χ4n) is 1.91. The van der Waals surface area contributed by atoms with Crippen LogP contribution in [0.15, 0.2) is 34.6 Å². The lowest BCUT2D eigenvalue weighted by Crippen LogP contribution is -2.14. The summed E-state index contributed by atoms with van der Waals surface area (Å²) in [4.78, 5) is 19.0. The maximum atomic E-state index is 11.8. The van der Waals surface area contributed by atoms with Gasteiger partial charge in [-0.2, -0.15) is 0 Å². The van der Waals surface area contributed by atoms with Gasteiger partial charge in [-0.15, -0.1) is 11.3 Å². The summed E-state index contributed by atoms with van der Waals surface area (Å²) in [6.07, 6.45) is 1.85. The molecule has 0 fully saturated rings. The zero-order valence-corrected chi connectivity index (χ0v) is 10.3. The number of hydrogen-bond donors (Lipinski definition) is 2. The third-order valence-corrected chi connectivity index (χ3v) is 3.67. The van der Waals surface area contributed by atoms with Gasteiger partial charge in [0.2, 0.25) is 0 Å². The predicted molar refractivity (Wildman–Crippen MR) is 69.7 cm³/mol. The molecule has 5 nitrogen and oxygen atoms in total. The minimum atomic E-state index is -0.109. The number of aliphatic hydroxyl groups is 1. The lowest BCUT2D eigenvalue weighted by Gasteiger charge is -2.06. The van der Waals surface area contributed by atoms with E-state index in [-0.39, 0.29) is 12.2 Å². The van der Waals surface area contributed by atoms with Crippen molar-refractivity contribution in [1.29, 1.82) is 0 Å². The van der Waals surface area contributed by atoms with Gasteiger partial charge in [0.25, 0.3) is 5.56 Å². The molecule has 0 saturated carbocycles. The summed E-state index contributed by atoms with van der Waals surface area (Å²) < 4.78 is 2.50. The number of aromatic amines is 1. The number of thiophene rings is 1. The topological polar surface area (TPSA) is 70.9 Å². The Balaban J connectivity index is 2.02. The summed E-state index contributed by atoms with van der Waals surface area (Å²) in [5.74, 6) is 0.594. The highest BCUT2D eigenvalue weighted by Crippen LogP contribution is 2.14. The van der Waals surface area contributed by atoms with Crippen molar-refractivity contribution >= 4 is 21.6 Å². The Morgan fingerprint density at radius 3 is 3.17 bits per heavy atom. The van der Waals surface area contributed by atoms with Crippen molar-refractivity contribution in [2.24, 2.45) is 0 Å². The summed E-state index contributed by atoms with van der Waals surface area (Å²) in [5.41, 5.74) is 1.40. The van der Waals surface area contributed by atoms with E-state index in [0.29, 0.717) is 17.1 Å². The van der Waals surface area contributed by atoms with Crippen LogP contribution in [0, 0.1) is 0 Å². The second-order valence-electron chi connectivity index (χ2n) is 3.93. The zero-order chi connectivity index (χ0) is 12.5. The number of rotatable bonds is 3. The van der Waals surface area contributed by atoms with Crippen LogP contribution in [-0.2, 0) is 13.2 Å². The first-order valence-electron chi connectivity index (χ1n) is 5.49. The predicted octanol–water partition coefficient (Wildman–Crippen LogP) is 1.33. The Hall–Kier alpha value is -1.92. The second-order valence-corrected chi connectivity index (χ2v) is 4.85. The van der Waals surface area contributed by atoms with Crippen molar-refractivity contribution in [3.8, 4) is 0 Å². The SMILES string of the molecule is O=c1[nH]c(Cn2cccc2CO)nc2ccsc12. The molecular weight excluding hydrogens is 250 g/mol. The second kappa shape index (κ2) is 4.40. The minimum absolute atomic E-state index is 0.0298. The van der Waals surface area contributed by atoms with Crippen LogP contribution in [0.1, 0.15) is 11.5 Å². The third-order valence-electron chi connectivity index (χ3n) is 2.77. The van der Waals surface area contributed by atoms with Crippen molar-refractivity contribution in [1.82, 2.24) is 14.5 Å². The molecule has 0 aliphatic rings. The maximum Gasteiger partial charge on any atom is 0.268 e. The number of fused-ring (bicyclic) bond motifs is 1. The van der Waals surface area contributed by atoms with Gasteiger partial charge in [0.1, 0.15) is 10.5 Å². The van der Waals surface area contributed by atoms with Crippen LogP contribution < -0.4 is 5.56 Å². The first-order chi connectivity index (χ1) is 8.78. The summed E-state index contributed by atoms with van der Waals surface area (Å²) in [6.45, 7) is 0.418. The zero-order valence-electron chi connectivity index (χ0n) is 9.46. The molecule has 0 bridgehead atoms. The summed E-state index contributed by atoms with van der Waals surface area (Å²) in [7, 11) is 0. The van der Waals surface area contributed by atoms with Crippen LogP contribution in [-0.4, -0.2) is 19.6 Å². The summed E-state index contributed by atoms with van der Waals surface area (Å²) in [5, 5.41) is 11.0. The van der Waals surface area contributed by atoms with Crippen LogP contribution in [0.25, 0.3) is 10.2 Å². The first kappa shape index (κ1) is 11.2. The van der Waals surface area contributed by atoms with E-state index in [1.54, 1.807) is 0 Å². The molecule has 6 heteroatoms. The molecule has 0 aliphatic carbocycles. The molecule has 0 saturated heterocycles. The average Bonchev–Trinajstić information content (AvgIpc) is 2.97. The molecular formula is C12H11N3O2S. The lowest BCUT2D eigenvalue weighted by molar-refractivity contribution is 0.271. The normalized spacial score (nSPS) is 11.2. The van der Waals surface area contributed by atoms with E-state index >= 15 is 0 Å². The highest BCUT2D eigenvalue weighted by molar-refractivity contribution is 7.17. The summed E-state index contributed by atoms with van der Waals surface area (Å²) in [6, 6.07) is 5.52. The van der Waals surface area contributed by atoms with Crippen LogP contribution in [0.2, 0.25) is 0 Å². The van der Waals surface area contributed by atoms with Gasteiger partial charge >= 0.3 is 0 Å². The monoisotopic (exact) mass is 261 g/mol. The quantitative estimate of drug-likeness (QED) is 0.747. The molecule has 2 N–H and O–H groups in total. The molecule has 0 aliphatic heterocycles. The van der Waals surface area contributed by atoms with E-state index in [1.165, 1.54) is 11.3 Å². The van der Waals surface area contributed by atoms with Gasteiger partial charge in [-0.25, -0.2) is 4.98 Å². The van der Waals surface area contributed by atoms with Gasteiger partial charge in [0.05, 0.1) is 18.7 Å². The third kappa shape index (κ3) is 1.85. The Morgan fingerprint density at radius 1 is 1.44 bits per heavy atom. The fourth-order valence-corrected chi connectivity index (χ4v) is 2.63. The van der Waals surface area contributed by atoms with Crippen LogP contribution >= 0.6 is 11.3 Å². The van der Waals surface area contributed by atoms with Gasteiger partial charge in [0, 0.05) is 11.9 Å². The van der Waals surface area contributed by atoms with Gasteiger partial charge in [-0.1, -0.05) is 0 Å². The number of aromatic nitrogens is 3. The Kier molecular flexibility index (Phi) is 2.73. The molecule has 0 aromatic carbocycles. The summed E-state index contributed by atoms with van der Waals surface area (Å²) >= 11 is 1.39. The van der Waals surface area contributed by atoms with Crippen molar-refractivity contribution < 1.29 is 5.11 Å². The first-order valence-corrected chi connectivity index (χ1v) is 6.37. The van der Waals surface area contributed by atoms with Gasteiger partial charge < -0.3 is 14.7 Å². The molecule has 3 heterocycles. The van der Waals surface area contributed by atoms with Crippen LogP contribution in [0.5, 0.6) is 0 Å². The molecule has 18 heavy (non-hydrogen) atoms. The molecule has 3 aromatic heterocycles.